The molecule has 2 fully saturated rings. The molecule has 4 unspecified atom stereocenters. The first-order valence-electron chi connectivity index (χ1n) is 37.8. The van der Waals surface area contributed by atoms with Crippen LogP contribution in [0.2, 0.25) is 10.0 Å². The molecule has 0 saturated carbocycles. The Kier molecular flexibility index (Phi) is 29.7. The van der Waals surface area contributed by atoms with Gasteiger partial charge in [0.1, 0.15) is 75.5 Å². The van der Waals surface area contributed by atoms with Crippen molar-refractivity contribution in [3.8, 4) is 34.0 Å². The number of nitrogens with one attached hydrogen (secondary N) is 3. The van der Waals surface area contributed by atoms with Gasteiger partial charge < -0.3 is 83.2 Å². The number of carbonyl (C=O) groups excluding carboxylic acids is 6. The molecule has 8 aromatic rings. The molecule has 6 amide bonds. The molecule has 2 saturated heterocycles. The fourth-order valence-corrected chi connectivity index (χ4v) is 13.2. The summed E-state index contributed by atoms with van der Waals surface area (Å²) in [6.07, 6.45) is -7.20. The molecule has 33 nitrogen and oxygen atoms in total. The minimum absolute atomic E-state index is 0.0148. The number of carbonyl (C=O) groups is 6. The number of imide groups is 2. The van der Waals surface area contributed by atoms with E-state index in [9.17, 15) is 61.6 Å². The summed E-state index contributed by atoms with van der Waals surface area (Å²) >= 11 is 13.1. The number of imidazole rings is 2. The quantitative estimate of drug-likeness (QED) is 0.0364. The van der Waals surface area contributed by atoms with Crippen LogP contribution in [0.15, 0.2) is 86.2 Å². The Hall–Kier alpha value is -10.8. The van der Waals surface area contributed by atoms with E-state index in [1.807, 2.05) is 0 Å². The number of fused-ring (bicyclic) bond motifs is 2. The Balaban J connectivity index is 0.000000248. The van der Waals surface area contributed by atoms with E-state index < -0.39 is 106 Å². The van der Waals surface area contributed by atoms with Crippen molar-refractivity contribution in [3.05, 3.63) is 107 Å². The van der Waals surface area contributed by atoms with Gasteiger partial charge in [-0.15, -0.1) is 0 Å². The molecule has 2 aliphatic rings. The molecule has 0 spiro atoms. The summed E-state index contributed by atoms with van der Waals surface area (Å²) in [7, 11) is 3.05. The van der Waals surface area contributed by atoms with Crippen molar-refractivity contribution in [2.24, 2.45) is 0 Å². The summed E-state index contributed by atoms with van der Waals surface area (Å²) in [6, 6.07) is 13.7. The highest BCUT2D eigenvalue weighted by molar-refractivity contribution is 6.33. The van der Waals surface area contributed by atoms with Crippen LogP contribution >= 0.6 is 23.2 Å². The van der Waals surface area contributed by atoms with Gasteiger partial charge in [0.05, 0.1) is 96.3 Å². The number of H-pyrrole nitrogens is 1. The highest BCUT2D eigenvalue weighted by atomic mass is 35.5. The smallest absolute Gasteiger partial charge is 0.425 e. The van der Waals surface area contributed by atoms with Crippen LogP contribution in [0.3, 0.4) is 0 Å². The number of piperidine rings is 2. The number of aromatic nitrogens is 10. The van der Waals surface area contributed by atoms with Crippen molar-refractivity contribution in [1.29, 1.82) is 0 Å². The molecule has 648 valence electrons. The van der Waals surface area contributed by atoms with Crippen LogP contribution in [0.1, 0.15) is 161 Å². The number of hydrogen-bond donors (Lipinski definition) is 6. The van der Waals surface area contributed by atoms with Crippen LogP contribution in [-0.2, 0) is 41.6 Å². The summed E-state index contributed by atoms with van der Waals surface area (Å²) in [6.45, 7) is 30.1. The largest absolute Gasteiger partial charge is 0.497 e. The van der Waals surface area contributed by atoms with E-state index in [0.717, 1.165) is 4.90 Å². The molecule has 119 heavy (non-hydrogen) atoms. The Bertz CT molecular complexity index is 4870. The SMILES string of the molecule is CC(C)(C)OC(=O)N(C(=O)OC(C)(C)C)c1ncnc2nc[nH]c12.COc1ccc(-c2cc(CO)c(N3CCCC(NC(=O)OC(C)(C)C)(C(O)C(F)F)C3)cn2)c(Cl)c1.COc1ccc(-c2cc(Cn3cnc4c(N(C(=O)OC(C)(C)C)C(=O)OC(C)(C)C)ncnc43)c(N3CCCC(NC(=O)OC(C)(C)C)(C(O)C(F)F)C3)cn2)c(Cl)c1. The third-order valence-corrected chi connectivity index (χ3v) is 18.1. The molecule has 6 N–H and O–H groups in total. The second-order valence-corrected chi connectivity index (χ2v) is 34.9. The maximum absolute atomic E-state index is 14.4. The average Bonchev–Trinajstić information content (AvgIpc) is 1.74. The summed E-state index contributed by atoms with van der Waals surface area (Å²) in [5.41, 5.74) is -3.65. The van der Waals surface area contributed by atoms with Gasteiger partial charge in [-0.25, -0.2) is 76.2 Å². The Labute approximate surface area is 696 Å². The number of anilines is 4. The first-order valence-corrected chi connectivity index (χ1v) is 38.6. The molecule has 10 rings (SSSR count). The zero-order valence-corrected chi connectivity index (χ0v) is 71.6. The number of aromatic amines is 1. The topological polar surface area (TPSA) is 398 Å². The van der Waals surface area contributed by atoms with Gasteiger partial charge in [0, 0.05) is 42.9 Å². The second-order valence-electron chi connectivity index (χ2n) is 34.1. The van der Waals surface area contributed by atoms with Crippen molar-refractivity contribution in [1.82, 2.24) is 60.1 Å². The molecule has 39 heteroatoms. The monoisotopic (exact) mass is 1710 g/mol. The zero-order valence-electron chi connectivity index (χ0n) is 70.1. The van der Waals surface area contributed by atoms with Gasteiger partial charge >= 0.3 is 36.6 Å². The number of ether oxygens (including phenoxy) is 8. The molecule has 2 aliphatic heterocycles. The summed E-state index contributed by atoms with van der Waals surface area (Å²) in [5.74, 6) is 0.943. The van der Waals surface area contributed by atoms with E-state index >= 15 is 0 Å². The van der Waals surface area contributed by atoms with E-state index in [1.165, 1.54) is 45.7 Å². The number of methoxy groups -OCH3 is 2. The Morgan fingerprint density at radius 3 is 1.32 bits per heavy atom. The van der Waals surface area contributed by atoms with E-state index in [4.69, 9.17) is 66.1 Å². The highest BCUT2D eigenvalue weighted by Gasteiger charge is 2.50. The summed E-state index contributed by atoms with van der Waals surface area (Å²) in [5, 5.41) is 37.4. The van der Waals surface area contributed by atoms with E-state index in [2.05, 4.69) is 50.5 Å². The normalized spacial score (nSPS) is 16.6. The molecule has 2 aromatic carbocycles. The lowest BCUT2D eigenvalue weighted by Crippen LogP contribution is -2.67. The lowest BCUT2D eigenvalue weighted by Gasteiger charge is -2.46. The Morgan fingerprint density at radius 2 is 0.924 bits per heavy atom. The van der Waals surface area contributed by atoms with Crippen molar-refractivity contribution in [2.45, 2.75) is 233 Å². The molecular weight excluding hydrogens is 1600 g/mol. The maximum atomic E-state index is 14.4. The minimum atomic E-state index is -3.19. The number of aliphatic hydroxyl groups is 3. The fraction of sp³-hybridized carbons (Fsp3) is 0.525. The van der Waals surface area contributed by atoms with Crippen LogP contribution in [0.4, 0.5) is 69.3 Å². The number of rotatable bonds is 17. The summed E-state index contributed by atoms with van der Waals surface area (Å²) < 4.78 is 101. The maximum Gasteiger partial charge on any atom is 0.425 e. The van der Waals surface area contributed by atoms with Gasteiger partial charge in [0.2, 0.25) is 0 Å². The number of pyridine rings is 2. The van der Waals surface area contributed by atoms with Crippen molar-refractivity contribution >= 4 is 105 Å². The molecule has 0 bridgehead atoms. The van der Waals surface area contributed by atoms with E-state index in [0.29, 0.717) is 109 Å². The third kappa shape index (κ3) is 24.9. The van der Waals surface area contributed by atoms with E-state index in [1.54, 1.807) is 194 Å². The average molecular weight is 1710 g/mol. The third-order valence-electron chi connectivity index (χ3n) is 17.5. The van der Waals surface area contributed by atoms with Gasteiger partial charge in [-0.05, 0) is 204 Å². The molecular formula is C80H104Cl2F4N16O17. The molecule has 0 radical (unpaired) electrons. The predicted octanol–water partition coefficient (Wildman–Crippen LogP) is 15.2. The lowest BCUT2D eigenvalue weighted by molar-refractivity contribution is -0.0666. The number of alkyl halides is 4. The van der Waals surface area contributed by atoms with Crippen LogP contribution in [0.5, 0.6) is 11.5 Å². The zero-order chi connectivity index (χ0) is 88.5. The highest BCUT2D eigenvalue weighted by Crippen LogP contribution is 2.41. The van der Waals surface area contributed by atoms with Gasteiger partial charge in [-0.2, -0.15) is 9.80 Å². The van der Waals surface area contributed by atoms with Crippen LogP contribution in [0.25, 0.3) is 44.8 Å². The number of halogens is 6. The van der Waals surface area contributed by atoms with Crippen molar-refractivity contribution in [2.75, 3.05) is 60.0 Å². The Morgan fingerprint density at radius 1 is 0.529 bits per heavy atom. The first-order chi connectivity index (χ1) is 55.3. The van der Waals surface area contributed by atoms with Crippen molar-refractivity contribution < 1.29 is 99.5 Å². The number of amides is 6. The number of aliphatic hydroxyl groups excluding tert-OH is 3. The molecule has 4 atom stereocenters. The predicted molar refractivity (Wildman–Crippen MR) is 436 cm³/mol. The first kappa shape index (κ1) is 93.7. The van der Waals surface area contributed by atoms with Crippen molar-refractivity contribution in [3.63, 3.8) is 0 Å². The number of benzene rings is 2. The second kappa shape index (κ2) is 37.7. The summed E-state index contributed by atoms with van der Waals surface area (Å²) in [4.78, 5) is 120. The van der Waals surface area contributed by atoms with Gasteiger partial charge in [0.25, 0.3) is 12.9 Å². The van der Waals surface area contributed by atoms with Gasteiger partial charge in [-0.3, -0.25) is 9.97 Å². The lowest BCUT2D eigenvalue weighted by atomic mass is 9.83. The minimum Gasteiger partial charge on any atom is -0.497 e. The standard InChI is InChI=1S/C40H51ClF2N8O8.C25H32ClF2N3O5.C15H21N5O4/c1-37(2,3)57-34(53)48-40(30(52)31(42)43)14-11-15-49(20-40)28-18-44-27(25-13-12-24(56-10)17-26(25)41)16-23(28)19-50-22-47-29-32(50)45-21-46-33(29)51(35(54)58-38(4,5)6)36(55)59-39(7,8)9;1-24(2,3)36-23(34)30-25(21(33)22(27)28)8-5-9-31(14-25)20-12-29-19(10-15(20)13-32)17-7-6-16(35-4)11-18(17)26;1-14(2,3)23-12(21)20(13(22)24-15(4,5)6)11-9-10(17-7-16-9)18-8-19-11/h12-13,16-18,21-22,30-31,52H,11,14-15,19-20H2,1-10H3,(H,48,53);6-7,10-12,21-22,32-33H,5,8-9,13-14H2,1-4H3,(H,30,34);7-8H,1-6H3,(H,16,17,18,19). The molecule has 0 aliphatic carbocycles. The van der Waals surface area contributed by atoms with Gasteiger partial charge in [-0.1, -0.05) is 23.2 Å². The van der Waals surface area contributed by atoms with E-state index in [-0.39, 0.29) is 61.9 Å². The molecule has 8 heterocycles. The number of nitrogens with zero attached hydrogens (tertiary/aromatic N) is 13. The molecule has 6 aromatic heterocycles. The van der Waals surface area contributed by atoms with Crippen LogP contribution in [0, 0.1) is 0 Å². The number of alkyl carbamates (subject to hydrolysis) is 2. The van der Waals surface area contributed by atoms with Gasteiger partial charge in [0.15, 0.2) is 28.4 Å². The van der Waals surface area contributed by atoms with Crippen LogP contribution < -0.4 is 39.7 Å². The van der Waals surface area contributed by atoms with Crippen LogP contribution in [-0.4, -0.2) is 211 Å². The number of hydrogen-bond acceptors (Lipinski definition) is 27. The fourth-order valence-electron chi connectivity index (χ4n) is 12.6.